The quantitative estimate of drug-likeness (QED) is 0.679. The fraction of sp³-hybridized carbons (Fsp3) is 0.0833. The van der Waals surface area contributed by atoms with Crippen LogP contribution in [0.3, 0.4) is 0 Å². The Hall–Kier alpha value is -1.13. The van der Waals surface area contributed by atoms with E-state index >= 15 is 0 Å². The molecule has 0 aliphatic rings. The summed E-state index contributed by atoms with van der Waals surface area (Å²) in [5.41, 5.74) is 7.99. The first-order valence-corrected chi connectivity index (χ1v) is 6.40. The van der Waals surface area contributed by atoms with Gasteiger partial charge < -0.3 is 5.73 Å². The third-order valence-corrected chi connectivity index (χ3v) is 4.02. The van der Waals surface area contributed by atoms with Crippen LogP contribution in [0, 0.1) is 6.92 Å². The second kappa shape index (κ2) is 4.39. The minimum atomic E-state index is 0.0114. The molecule has 4 heteroatoms. The number of halogens is 1. The number of carbonyl (C=O) groups is 1. The van der Waals surface area contributed by atoms with Gasteiger partial charge in [-0.15, -0.1) is 11.3 Å². The number of nitrogen functional groups attached to an aromatic ring is 1. The molecular formula is C12H10BrNOS. The van der Waals surface area contributed by atoms with Gasteiger partial charge in [-0.2, -0.15) is 0 Å². The molecule has 0 atom stereocenters. The summed E-state index contributed by atoms with van der Waals surface area (Å²) in [5.74, 6) is 0.0114. The number of thiophene rings is 1. The van der Waals surface area contributed by atoms with E-state index in [0.717, 1.165) is 10.0 Å². The fourth-order valence-corrected chi connectivity index (χ4v) is 3.04. The van der Waals surface area contributed by atoms with Crippen LogP contribution in [0.4, 0.5) is 5.69 Å². The van der Waals surface area contributed by atoms with E-state index in [4.69, 9.17) is 5.73 Å². The molecule has 0 fully saturated rings. The number of nitrogens with two attached hydrogens (primary N) is 1. The van der Waals surface area contributed by atoms with E-state index in [-0.39, 0.29) is 5.78 Å². The molecular weight excluding hydrogens is 286 g/mol. The van der Waals surface area contributed by atoms with Crippen molar-refractivity contribution in [1.82, 2.24) is 0 Å². The third-order valence-electron chi connectivity index (χ3n) is 2.19. The van der Waals surface area contributed by atoms with Gasteiger partial charge in [0.05, 0.1) is 4.88 Å². The molecule has 1 heterocycles. The van der Waals surface area contributed by atoms with Crippen LogP contribution in [0.5, 0.6) is 0 Å². The molecule has 0 bridgehead atoms. The first kappa shape index (κ1) is 11.4. The topological polar surface area (TPSA) is 43.1 Å². The summed E-state index contributed by atoms with van der Waals surface area (Å²) in [4.78, 5) is 12.9. The lowest BCUT2D eigenvalue weighted by molar-refractivity contribution is 0.104. The van der Waals surface area contributed by atoms with E-state index in [2.05, 4.69) is 15.9 Å². The van der Waals surface area contributed by atoms with Crippen LogP contribution in [0.2, 0.25) is 0 Å². The number of benzene rings is 1. The van der Waals surface area contributed by atoms with Crippen molar-refractivity contribution in [3.8, 4) is 0 Å². The SMILES string of the molecule is Cc1cc(N)cc(C(=O)c2sccc2Br)c1. The molecule has 2 N–H and O–H groups in total. The van der Waals surface area contributed by atoms with Crippen LogP contribution in [0.1, 0.15) is 20.8 Å². The number of aryl methyl sites for hydroxylation is 1. The van der Waals surface area contributed by atoms with Crippen LogP contribution in [-0.4, -0.2) is 5.78 Å². The van der Waals surface area contributed by atoms with Crippen molar-refractivity contribution in [2.75, 3.05) is 5.73 Å². The molecule has 0 spiro atoms. The lowest BCUT2D eigenvalue weighted by Crippen LogP contribution is -2.01. The van der Waals surface area contributed by atoms with E-state index in [1.54, 1.807) is 6.07 Å². The number of hydrogen-bond acceptors (Lipinski definition) is 3. The van der Waals surface area contributed by atoms with Crippen molar-refractivity contribution in [3.05, 3.63) is 50.1 Å². The normalized spacial score (nSPS) is 10.4. The Balaban J connectivity index is 2.45. The zero-order valence-corrected chi connectivity index (χ0v) is 11.1. The van der Waals surface area contributed by atoms with Crippen LogP contribution >= 0.6 is 27.3 Å². The molecule has 2 rings (SSSR count). The zero-order valence-electron chi connectivity index (χ0n) is 8.66. The maximum Gasteiger partial charge on any atom is 0.204 e. The summed E-state index contributed by atoms with van der Waals surface area (Å²) >= 11 is 4.79. The van der Waals surface area contributed by atoms with Gasteiger partial charge in [-0.3, -0.25) is 4.79 Å². The van der Waals surface area contributed by atoms with Gasteiger partial charge in [0, 0.05) is 15.7 Å². The Morgan fingerprint density at radius 2 is 2.12 bits per heavy atom. The first-order valence-electron chi connectivity index (χ1n) is 4.73. The van der Waals surface area contributed by atoms with Gasteiger partial charge in [0.15, 0.2) is 0 Å². The number of ketones is 1. The van der Waals surface area contributed by atoms with Gasteiger partial charge in [-0.25, -0.2) is 0 Å². The summed E-state index contributed by atoms with van der Waals surface area (Å²) in [6, 6.07) is 7.28. The molecule has 0 amide bonds. The molecule has 0 saturated carbocycles. The molecule has 0 saturated heterocycles. The smallest absolute Gasteiger partial charge is 0.204 e. The molecule has 0 unspecified atom stereocenters. The minimum absolute atomic E-state index is 0.0114. The van der Waals surface area contributed by atoms with E-state index in [9.17, 15) is 4.79 Å². The largest absolute Gasteiger partial charge is 0.399 e. The first-order chi connectivity index (χ1) is 7.58. The van der Waals surface area contributed by atoms with E-state index < -0.39 is 0 Å². The maximum atomic E-state index is 12.2. The van der Waals surface area contributed by atoms with Gasteiger partial charge in [-0.1, -0.05) is 0 Å². The van der Waals surface area contributed by atoms with Crippen molar-refractivity contribution in [1.29, 1.82) is 0 Å². The lowest BCUT2D eigenvalue weighted by Gasteiger charge is -2.03. The minimum Gasteiger partial charge on any atom is -0.399 e. The maximum absolute atomic E-state index is 12.2. The van der Waals surface area contributed by atoms with Crippen molar-refractivity contribution >= 4 is 38.7 Å². The highest BCUT2D eigenvalue weighted by molar-refractivity contribution is 9.10. The number of carbonyl (C=O) groups excluding carboxylic acids is 1. The Morgan fingerprint density at radius 1 is 1.38 bits per heavy atom. The van der Waals surface area contributed by atoms with Crippen molar-refractivity contribution in [3.63, 3.8) is 0 Å². The molecule has 0 aliphatic carbocycles. The van der Waals surface area contributed by atoms with Gasteiger partial charge >= 0.3 is 0 Å². The third kappa shape index (κ3) is 2.18. The summed E-state index contributed by atoms with van der Waals surface area (Å²) in [6.07, 6.45) is 0. The van der Waals surface area contributed by atoms with Crippen molar-refractivity contribution in [2.45, 2.75) is 6.92 Å². The standard InChI is InChI=1S/C12H10BrNOS/c1-7-4-8(6-9(14)5-7)11(15)12-10(13)2-3-16-12/h2-6H,14H2,1H3. The Bertz CT molecular complexity index is 527. The van der Waals surface area contributed by atoms with Gasteiger partial charge in [0.25, 0.3) is 0 Å². The van der Waals surface area contributed by atoms with Crippen molar-refractivity contribution < 1.29 is 4.79 Å². The highest BCUT2D eigenvalue weighted by Crippen LogP contribution is 2.26. The average molecular weight is 296 g/mol. The van der Waals surface area contributed by atoms with E-state index in [1.165, 1.54) is 11.3 Å². The van der Waals surface area contributed by atoms with Crippen LogP contribution < -0.4 is 5.73 Å². The van der Waals surface area contributed by atoms with Gasteiger partial charge in [0.1, 0.15) is 0 Å². The molecule has 2 nitrogen and oxygen atoms in total. The summed E-state index contributed by atoms with van der Waals surface area (Å²) in [5, 5.41) is 1.89. The second-order valence-corrected chi connectivity index (χ2v) is 5.33. The Kier molecular flexibility index (Phi) is 3.12. The van der Waals surface area contributed by atoms with Crippen LogP contribution in [-0.2, 0) is 0 Å². The molecule has 0 radical (unpaired) electrons. The number of anilines is 1. The molecule has 2 aromatic rings. The zero-order chi connectivity index (χ0) is 11.7. The summed E-state index contributed by atoms with van der Waals surface area (Å²) in [6.45, 7) is 1.93. The summed E-state index contributed by atoms with van der Waals surface area (Å²) < 4.78 is 0.836. The summed E-state index contributed by atoms with van der Waals surface area (Å²) in [7, 11) is 0. The van der Waals surface area contributed by atoms with Crippen molar-refractivity contribution in [2.24, 2.45) is 0 Å². The molecule has 1 aromatic carbocycles. The van der Waals surface area contributed by atoms with Crippen LogP contribution in [0.15, 0.2) is 34.1 Å². The van der Waals surface area contributed by atoms with E-state index in [0.29, 0.717) is 16.1 Å². The molecule has 82 valence electrons. The molecule has 0 aliphatic heterocycles. The second-order valence-electron chi connectivity index (χ2n) is 3.56. The monoisotopic (exact) mass is 295 g/mol. The highest BCUT2D eigenvalue weighted by atomic mass is 79.9. The molecule has 1 aromatic heterocycles. The van der Waals surface area contributed by atoms with Crippen LogP contribution in [0.25, 0.3) is 0 Å². The van der Waals surface area contributed by atoms with Gasteiger partial charge in [0.2, 0.25) is 5.78 Å². The Labute approximate surface area is 106 Å². The lowest BCUT2D eigenvalue weighted by atomic mass is 10.1. The highest BCUT2D eigenvalue weighted by Gasteiger charge is 2.14. The molecule has 16 heavy (non-hydrogen) atoms. The van der Waals surface area contributed by atoms with E-state index in [1.807, 2.05) is 30.5 Å². The average Bonchev–Trinajstić information content (AvgIpc) is 2.62. The Morgan fingerprint density at radius 3 is 2.69 bits per heavy atom. The van der Waals surface area contributed by atoms with Gasteiger partial charge in [-0.05, 0) is 58.1 Å². The number of hydrogen-bond donors (Lipinski definition) is 1. The number of rotatable bonds is 2. The predicted molar refractivity (Wildman–Crippen MR) is 71.0 cm³/mol. The predicted octanol–water partition coefficient (Wildman–Crippen LogP) is 3.63. The fourth-order valence-electron chi connectivity index (χ4n) is 1.53.